The van der Waals surface area contributed by atoms with Crippen molar-refractivity contribution < 1.29 is 19.0 Å². The molecule has 2 aliphatic heterocycles. The first-order valence-corrected chi connectivity index (χ1v) is 11.8. The number of aliphatic imine (C=N–C) groups is 1. The maximum absolute atomic E-state index is 13.3. The molecule has 35 heavy (non-hydrogen) atoms. The van der Waals surface area contributed by atoms with Gasteiger partial charge in [0.05, 0.1) is 25.3 Å². The van der Waals surface area contributed by atoms with Gasteiger partial charge in [-0.25, -0.2) is 4.99 Å². The number of benzene rings is 3. The summed E-state index contributed by atoms with van der Waals surface area (Å²) in [6.45, 7) is 4.73. The van der Waals surface area contributed by atoms with Crippen molar-refractivity contribution in [2.75, 3.05) is 40.4 Å². The minimum Gasteiger partial charge on any atom is -0.497 e. The molecule has 0 aromatic heterocycles. The smallest absolute Gasteiger partial charge is 0.257 e. The minimum absolute atomic E-state index is 0.0126. The Morgan fingerprint density at radius 2 is 1.77 bits per heavy atom. The van der Waals surface area contributed by atoms with Gasteiger partial charge < -0.3 is 24.0 Å². The normalized spacial score (nSPS) is 15.1. The number of fused-ring (bicyclic) bond motifs is 2. The van der Waals surface area contributed by atoms with Crippen LogP contribution in [-0.2, 0) is 0 Å². The Kier molecular flexibility index (Phi) is 6.31. The molecule has 3 aromatic rings. The fourth-order valence-electron chi connectivity index (χ4n) is 4.55. The zero-order chi connectivity index (χ0) is 24.4. The number of nitrogens with zero attached hydrogens (tertiary/aromatic N) is 3. The first-order chi connectivity index (χ1) is 17.1. The maximum Gasteiger partial charge on any atom is 0.257 e. The summed E-state index contributed by atoms with van der Waals surface area (Å²) in [5, 5.41) is 0. The highest BCUT2D eigenvalue weighted by Gasteiger charge is 2.27. The molecule has 0 aliphatic carbocycles. The average Bonchev–Trinajstić information content (AvgIpc) is 3.22. The average molecular weight is 472 g/mol. The van der Waals surface area contributed by atoms with Crippen molar-refractivity contribution in [2.24, 2.45) is 4.99 Å². The van der Waals surface area contributed by atoms with Crippen LogP contribution in [0.5, 0.6) is 23.0 Å². The number of hydrogen-bond acceptors (Lipinski definition) is 6. The second kappa shape index (κ2) is 9.70. The summed E-state index contributed by atoms with van der Waals surface area (Å²) in [6, 6.07) is 19.2. The second-order valence-electron chi connectivity index (χ2n) is 8.70. The lowest BCUT2D eigenvalue weighted by Crippen LogP contribution is -2.37. The summed E-state index contributed by atoms with van der Waals surface area (Å²) >= 11 is 0. The molecule has 0 bridgehead atoms. The van der Waals surface area contributed by atoms with Crippen LogP contribution < -0.4 is 14.2 Å². The molecule has 2 heterocycles. The highest BCUT2D eigenvalue weighted by molar-refractivity contribution is 6.04. The second-order valence-corrected chi connectivity index (χ2v) is 8.70. The summed E-state index contributed by atoms with van der Waals surface area (Å²) in [7, 11) is 3.24. The maximum atomic E-state index is 13.3. The molecule has 7 heteroatoms. The topological polar surface area (TPSA) is 63.6 Å². The summed E-state index contributed by atoms with van der Waals surface area (Å²) in [5.74, 6) is 3.58. The fourth-order valence-corrected chi connectivity index (χ4v) is 4.55. The molecule has 0 N–H and O–H groups in total. The molecule has 7 nitrogen and oxygen atoms in total. The third kappa shape index (κ3) is 4.54. The number of rotatable bonds is 3. The van der Waals surface area contributed by atoms with Crippen LogP contribution in [0, 0.1) is 6.92 Å². The first-order valence-electron chi connectivity index (χ1n) is 11.8. The van der Waals surface area contributed by atoms with Gasteiger partial charge in [-0.05, 0) is 55.3 Å². The number of amidine groups is 1. The number of amides is 1. The van der Waals surface area contributed by atoms with E-state index in [0.29, 0.717) is 36.7 Å². The molecule has 0 atom stereocenters. The van der Waals surface area contributed by atoms with Crippen molar-refractivity contribution in [3.05, 3.63) is 77.4 Å². The third-order valence-electron chi connectivity index (χ3n) is 6.41. The van der Waals surface area contributed by atoms with E-state index < -0.39 is 0 Å². The molecular weight excluding hydrogens is 442 g/mol. The van der Waals surface area contributed by atoms with E-state index in [1.807, 2.05) is 72.5 Å². The first kappa shape index (κ1) is 22.8. The third-order valence-corrected chi connectivity index (χ3v) is 6.41. The van der Waals surface area contributed by atoms with Crippen LogP contribution in [0.3, 0.4) is 0 Å². The van der Waals surface area contributed by atoms with Crippen LogP contribution in [0.2, 0.25) is 0 Å². The summed E-state index contributed by atoms with van der Waals surface area (Å²) in [6.07, 6.45) is 0.826. The Bertz CT molecular complexity index is 1290. The van der Waals surface area contributed by atoms with Crippen LogP contribution in [0.4, 0.5) is 5.69 Å². The molecule has 0 spiro atoms. The molecule has 0 saturated carbocycles. The van der Waals surface area contributed by atoms with E-state index in [1.54, 1.807) is 14.2 Å². The quantitative estimate of drug-likeness (QED) is 0.535. The minimum atomic E-state index is -0.0126. The van der Waals surface area contributed by atoms with Crippen LogP contribution in [-0.4, -0.2) is 61.9 Å². The van der Waals surface area contributed by atoms with Gasteiger partial charge in [-0.2, -0.15) is 0 Å². The molecule has 1 fully saturated rings. The number of para-hydroxylation sites is 1. The van der Waals surface area contributed by atoms with Gasteiger partial charge in [0.2, 0.25) is 0 Å². The van der Waals surface area contributed by atoms with Gasteiger partial charge in [-0.15, -0.1) is 0 Å². The van der Waals surface area contributed by atoms with E-state index in [4.69, 9.17) is 19.2 Å². The summed E-state index contributed by atoms with van der Waals surface area (Å²) in [4.78, 5) is 22.5. The number of carbonyl (C=O) groups is 1. The molecule has 0 unspecified atom stereocenters. The van der Waals surface area contributed by atoms with E-state index in [-0.39, 0.29) is 5.91 Å². The van der Waals surface area contributed by atoms with Crippen molar-refractivity contribution in [3.8, 4) is 23.0 Å². The standard InChI is InChI=1S/C28H29N3O4/c1-19-9-12-23-26(17-19)35-25-18-20(33-2)10-11-21(25)27(29-23)30-13-6-14-31(16-15-30)28(32)22-7-4-5-8-24(22)34-3/h4-5,7-12,17-18H,6,13-16H2,1-3H3. The van der Waals surface area contributed by atoms with Gasteiger partial charge in [0, 0.05) is 32.2 Å². The van der Waals surface area contributed by atoms with Crippen molar-refractivity contribution in [1.82, 2.24) is 9.80 Å². The zero-order valence-corrected chi connectivity index (χ0v) is 20.3. The summed E-state index contributed by atoms with van der Waals surface area (Å²) < 4.78 is 17.2. The van der Waals surface area contributed by atoms with Crippen LogP contribution >= 0.6 is 0 Å². The molecule has 1 amide bonds. The number of aryl methyl sites for hydroxylation is 1. The van der Waals surface area contributed by atoms with Gasteiger partial charge >= 0.3 is 0 Å². The van der Waals surface area contributed by atoms with Gasteiger partial charge in [0.25, 0.3) is 5.91 Å². The van der Waals surface area contributed by atoms with Crippen molar-refractivity contribution in [2.45, 2.75) is 13.3 Å². The van der Waals surface area contributed by atoms with Gasteiger partial charge in [0.15, 0.2) is 5.75 Å². The van der Waals surface area contributed by atoms with Crippen molar-refractivity contribution in [3.63, 3.8) is 0 Å². The Hall–Kier alpha value is -4.00. The van der Waals surface area contributed by atoms with Crippen molar-refractivity contribution in [1.29, 1.82) is 0 Å². The Labute approximate surface area is 205 Å². The molecule has 180 valence electrons. The highest BCUT2D eigenvalue weighted by Crippen LogP contribution is 2.40. The Balaban J connectivity index is 1.46. The highest BCUT2D eigenvalue weighted by atomic mass is 16.5. The predicted octanol–water partition coefficient (Wildman–Crippen LogP) is 5.04. The van der Waals surface area contributed by atoms with Gasteiger partial charge in [-0.1, -0.05) is 18.2 Å². The van der Waals surface area contributed by atoms with E-state index in [1.165, 1.54) is 0 Å². The largest absolute Gasteiger partial charge is 0.497 e. The lowest BCUT2D eigenvalue weighted by molar-refractivity contribution is 0.0760. The molecule has 1 saturated heterocycles. The van der Waals surface area contributed by atoms with Crippen LogP contribution in [0.15, 0.2) is 65.7 Å². The predicted molar refractivity (Wildman–Crippen MR) is 136 cm³/mol. The number of ether oxygens (including phenoxy) is 3. The number of hydrogen-bond donors (Lipinski definition) is 0. The van der Waals surface area contributed by atoms with Gasteiger partial charge in [-0.3, -0.25) is 4.79 Å². The van der Waals surface area contributed by atoms with Crippen molar-refractivity contribution >= 4 is 17.4 Å². The van der Waals surface area contributed by atoms with Gasteiger partial charge in [0.1, 0.15) is 28.8 Å². The lowest BCUT2D eigenvalue weighted by Gasteiger charge is -2.25. The number of methoxy groups -OCH3 is 2. The fraction of sp³-hybridized carbons (Fsp3) is 0.286. The zero-order valence-electron chi connectivity index (χ0n) is 20.3. The lowest BCUT2D eigenvalue weighted by atomic mass is 10.1. The summed E-state index contributed by atoms with van der Waals surface area (Å²) in [5.41, 5.74) is 3.38. The number of carbonyl (C=O) groups excluding carboxylic acids is 1. The molecule has 2 aliphatic rings. The van der Waals surface area contributed by atoms with Crippen LogP contribution in [0.25, 0.3) is 0 Å². The molecule has 5 rings (SSSR count). The Morgan fingerprint density at radius 3 is 2.60 bits per heavy atom. The SMILES string of the molecule is COc1ccc2c(c1)Oc1cc(C)ccc1N=C2N1CCCN(C(=O)c2ccccc2OC)CC1. The monoisotopic (exact) mass is 471 g/mol. The Morgan fingerprint density at radius 1 is 0.914 bits per heavy atom. The molecule has 0 radical (unpaired) electrons. The van der Waals surface area contributed by atoms with E-state index in [9.17, 15) is 4.79 Å². The van der Waals surface area contributed by atoms with E-state index >= 15 is 0 Å². The van der Waals surface area contributed by atoms with Crippen LogP contribution in [0.1, 0.15) is 27.9 Å². The molecular formula is C28H29N3O4. The van der Waals surface area contributed by atoms with E-state index in [0.717, 1.165) is 47.1 Å². The van der Waals surface area contributed by atoms with E-state index in [2.05, 4.69) is 4.90 Å². The molecule has 3 aromatic carbocycles.